The molecule has 9 heteroatoms. The summed E-state index contributed by atoms with van der Waals surface area (Å²) in [6.07, 6.45) is -0.695. The maximum atomic E-state index is 12.0. The molecule has 1 aromatic rings. The monoisotopic (exact) mass is 368 g/mol. The van der Waals surface area contributed by atoms with Gasteiger partial charge in [-0.2, -0.15) is 4.57 Å². The topological polar surface area (TPSA) is 149 Å². The third-order valence-corrected chi connectivity index (χ3v) is 4.66. The van der Waals surface area contributed by atoms with E-state index < -0.39 is 42.5 Å². The lowest BCUT2D eigenvalue weighted by Gasteiger charge is -2.19. The molecule has 2 heterocycles. The first kappa shape index (κ1) is 20.2. The van der Waals surface area contributed by atoms with Crippen molar-refractivity contribution in [1.82, 2.24) is 0 Å². The molecule has 9 nitrogen and oxygen atoms in total. The van der Waals surface area contributed by atoms with Crippen molar-refractivity contribution in [2.45, 2.75) is 50.8 Å². The number of nitrogens with zero attached hydrogens (tertiary/aromatic N) is 1. The Kier molecular flexibility index (Phi) is 6.65. The highest BCUT2D eigenvalue weighted by atomic mass is 16.6. The Balaban J connectivity index is 2.02. The second-order valence-corrected chi connectivity index (χ2v) is 6.49. The quantitative estimate of drug-likeness (QED) is 0.342. The van der Waals surface area contributed by atoms with Crippen LogP contribution >= 0.6 is 0 Å². The number of pyridine rings is 1. The third kappa shape index (κ3) is 4.36. The van der Waals surface area contributed by atoms with Crippen LogP contribution in [0.2, 0.25) is 0 Å². The Labute approximate surface area is 151 Å². The standard InChI is InChI=1S/C17H25N3O6/c1-3-9(2)12(18)17(24)25-8-11-13(21)14(22)16(26-11)20-6-4-5-10(7-20)15(19)23/h4-7,9,11-14,16,21-22H,3,8,18H2,1-2H3,(H-,19,23)/p+1/t9-,11+,12-,13+,14+,16+/m0/s1. The van der Waals surface area contributed by atoms with Crippen LogP contribution in [0.1, 0.15) is 36.9 Å². The van der Waals surface area contributed by atoms with Crippen LogP contribution in [0.3, 0.4) is 0 Å². The van der Waals surface area contributed by atoms with E-state index in [9.17, 15) is 19.8 Å². The van der Waals surface area contributed by atoms with Crippen LogP contribution in [0, 0.1) is 5.92 Å². The molecular weight excluding hydrogens is 342 g/mol. The molecule has 6 N–H and O–H groups in total. The lowest BCUT2D eigenvalue weighted by molar-refractivity contribution is -0.765. The average molecular weight is 368 g/mol. The Morgan fingerprint density at radius 2 is 2.08 bits per heavy atom. The average Bonchev–Trinajstić information content (AvgIpc) is 2.93. The Morgan fingerprint density at radius 1 is 1.38 bits per heavy atom. The van der Waals surface area contributed by atoms with Crippen LogP contribution < -0.4 is 16.0 Å². The van der Waals surface area contributed by atoms with Crippen LogP contribution in [0.4, 0.5) is 0 Å². The van der Waals surface area contributed by atoms with E-state index in [-0.39, 0.29) is 18.1 Å². The minimum absolute atomic E-state index is 0.0395. The van der Waals surface area contributed by atoms with E-state index in [0.717, 1.165) is 6.42 Å². The van der Waals surface area contributed by atoms with Gasteiger partial charge < -0.3 is 31.2 Å². The van der Waals surface area contributed by atoms with Crippen molar-refractivity contribution in [2.24, 2.45) is 17.4 Å². The number of esters is 1. The molecule has 6 atom stereocenters. The van der Waals surface area contributed by atoms with Crippen LogP contribution in [-0.2, 0) is 14.3 Å². The lowest BCUT2D eigenvalue weighted by Crippen LogP contribution is -2.46. The van der Waals surface area contributed by atoms with E-state index in [1.54, 1.807) is 12.3 Å². The van der Waals surface area contributed by atoms with Crippen molar-refractivity contribution >= 4 is 11.9 Å². The highest BCUT2D eigenvalue weighted by Crippen LogP contribution is 2.26. The molecule has 0 aromatic carbocycles. The number of primary amides is 1. The summed E-state index contributed by atoms with van der Waals surface area (Å²) < 4.78 is 12.2. The van der Waals surface area contributed by atoms with Gasteiger partial charge in [0.25, 0.3) is 12.1 Å². The number of aromatic nitrogens is 1. The highest BCUT2D eigenvalue weighted by Gasteiger charge is 2.48. The van der Waals surface area contributed by atoms with Gasteiger partial charge in [0.1, 0.15) is 30.4 Å². The number of carbonyl (C=O) groups is 2. The fourth-order valence-electron chi connectivity index (χ4n) is 2.66. The highest BCUT2D eigenvalue weighted by molar-refractivity contribution is 5.92. The van der Waals surface area contributed by atoms with E-state index in [1.807, 2.05) is 13.8 Å². The van der Waals surface area contributed by atoms with Crippen LogP contribution in [0.5, 0.6) is 0 Å². The second-order valence-electron chi connectivity index (χ2n) is 6.49. The third-order valence-electron chi connectivity index (χ3n) is 4.66. The zero-order valence-corrected chi connectivity index (χ0v) is 14.8. The molecule has 1 fully saturated rings. The minimum atomic E-state index is -1.27. The smallest absolute Gasteiger partial charge is 0.323 e. The molecule has 0 unspecified atom stereocenters. The predicted octanol–water partition coefficient (Wildman–Crippen LogP) is -1.39. The van der Waals surface area contributed by atoms with Crippen molar-refractivity contribution in [3.05, 3.63) is 30.1 Å². The van der Waals surface area contributed by atoms with Crippen molar-refractivity contribution in [2.75, 3.05) is 6.61 Å². The summed E-state index contributed by atoms with van der Waals surface area (Å²) >= 11 is 0. The van der Waals surface area contributed by atoms with Crippen molar-refractivity contribution in [3.8, 4) is 0 Å². The summed E-state index contributed by atoms with van der Waals surface area (Å²) in [6, 6.07) is 2.33. The maximum absolute atomic E-state index is 12.0. The number of aliphatic hydroxyl groups is 2. The summed E-state index contributed by atoms with van der Waals surface area (Å²) in [4.78, 5) is 23.2. The number of amides is 1. The zero-order chi connectivity index (χ0) is 19.4. The van der Waals surface area contributed by atoms with E-state index in [0.29, 0.717) is 0 Å². The minimum Gasteiger partial charge on any atom is -0.462 e. The number of ether oxygens (including phenoxy) is 2. The molecule has 1 saturated heterocycles. The number of hydrogen-bond acceptors (Lipinski definition) is 7. The van der Waals surface area contributed by atoms with Gasteiger partial charge in [0.05, 0.1) is 0 Å². The van der Waals surface area contributed by atoms with Crippen molar-refractivity contribution in [3.63, 3.8) is 0 Å². The maximum Gasteiger partial charge on any atom is 0.323 e. The Morgan fingerprint density at radius 3 is 2.69 bits per heavy atom. The molecule has 0 aliphatic carbocycles. The fourth-order valence-corrected chi connectivity index (χ4v) is 2.66. The largest absolute Gasteiger partial charge is 0.462 e. The first-order valence-corrected chi connectivity index (χ1v) is 8.50. The van der Waals surface area contributed by atoms with E-state index in [1.165, 1.54) is 16.8 Å². The van der Waals surface area contributed by atoms with Gasteiger partial charge in [-0.15, -0.1) is 0 Å². The van der Waals surface area contributed by atoms with Gasteiger partial charge in [-0.3, -0.25) is 9.59 Å². The van der Waals surface area contributed by atoms with Crippen LogP contribution in [0.25, 0.3) is 0 Å². The fraction of sp³-hybridized carbons (Fsp3) is 0.588. The number of aliphatic hydroxyl groups excluding tert-OH is 2. The van der Waals surface area contributed by atoms with Gasteiger partial charge in [-0.25, -0.2) is 0 Å². The van der Waals surface area contributed by atoms with Gasteiger partial charge in [0, 0.05) is 6.07 Å². The van der Waals surface area contributed by atoms with Gasteiger partial charge in [-0.05, 0) is 12.0 Å². The van der Waals surface area contributed by atoms with E-state index in [2.05, 4.69) is 0 Å². The van der Waals surface area contributed by atoms with Crippen molar-refractivity contribution in [1.29, 1.82) is 0 Å². The summed E-state index contributed by atoms with van der Waals surface area (Å²) in [7, 11) is 0. The number of nitrogens with two attached hydrogens (primary N) is 2. The van der Waals surface area contributed by atoms with Crippen molar-refractivity contribution < 1.29 is 33.8 Å². The molecule has 2 rings (SSSR count). The number of rotatable bonds is 7. The zero-order valence-electron chi connectivity index (χ0n) is 14.8. The van der Waals surface area contributed by atoms with Gasteiger partial charge >= 0.3 is 5.97 Å². The molecule has 0 saturated carbocycles. The van der Waals surface area contributed by atoms with Gasteiger partial charge in [0.15, 0.2) is 18.5 Å². The second kappa shape index (κ2) is 8.54. The van der Waals surface area contributed by atoms with Gasteiger partial charge in [-0.1, -0.05) is 20.3 Å². The lowest BCUT2D eigenvalue weighted by atomic mass is 10.0. The molecule has 1 aliphatic heterocycles. The molecule has 0 spiro atoms. The summed E-state index contributed by atoms with van der Waals surface area (Å²) in [5.41, 5.74) is 11.3. The number of carbonyl (C=O) groups excluding carboxylic acids is 2. The Hall–Kier alpha value is -2.07. The van der Waals surface area contributed by atoms with Crippen LogP contribution in [-0.4, -0.2) is 53.1 Å². The van der Waals surface area contributed by atoms with Crippen LogP contribution in [0.15, 0.2) is 24.5 Å². The van der Waals surface area contributed by atoms with E-state index >= 15 is 0 Å². The number of hydrogen-bond donors (Lipinski definition) is 4. The van der Waals surface area contributed by atoms with Gasteiger partial charge in [0.2, 0.25) is 0 Å². The molecule has 144 valence electrons. The molecule has 26 heavy (non-hydrogen) atoms. The Bertz CT molecular complexity index is 655. The SMILES string of the molecule is CC[C@H](C)[C@H](N)C(=O)OC[C@H]1O[C@@H]([n+]2cccc(C(N)=O)c2)[C@H](O)[C@@H]1O. The normalized spacial score (nSPS) is 27.7. The predicted molar refractivity (Wildman–Crippen MR) is 89.5 cm³/mol. The molecule has 1 aliphatic rings. The molecule has 0 bridgehead atoms. The summed E-state index contributed by atoms with van der Waals surface area (Å²) in [5, 5.41) is 20.4. The molecular formula is C17H26N3O6+. The molecule has 0 radical (unpaired) electrons. The first-order valence-electron chi connectivity index (χ1n) is 8.50. The van der Waals surface area contributed by atoms with E-state index in [4.69, 9.17) is 20.9 Å². The molecule has 1 aromatic heterocycles. The summed E-state index contributed by atoms with van der Waals surface area (Å²) in [5.74, 6) is -1.25. The first-order chi connectivity index (χ1) is 12.3. The summed E-state index contributed by atoms with van der Waals surface area (Å²) in [6.45, 7) is 3.52. The molecule has 1 amide bonds.